The van der Waals surface area contributed by atoms with Gasteiger partial charge in [0.05, 0.1) is 91.1 Å². The van der Waals surface area contributed by atoms with Crippen LogP contribution in [0.4, 0.5) is 0 Å². The summed E-state index contributed by atoms with van der Waals surface area (Å²) in [7, 11) is -14.3. The molecule has 4 aromatic rings. The molecule has 2 amide bonds. The van der Waals surface area contributed by atoms with Crippen LogP contribution in [0, 0.1) is 29.6 Å². The van der Waals surface area contributed by atoms with E-state index >= 15 is 0 Å². The van der Waals surface area contributed by atoms with Crippen molar-refractivity contribution in [1.82, 2.24) is 10.6 Å². The van der Waals surface area contributed by atoms with Crippen LogP contribution in [0.5, 0.6) is 0 Å². The first-order chi connectivity index (χ1) is 68.7. The third-order valence-corrected chi connectivity index (χ3v) is 39.9. The van der Waals surface area contributed by atoms with Crippen LogP contribution in [0.25, 0.3) is 20.9 Å². The van der Waals surface area contributed by atoms with Crippen LogP contribution in [-0.2, 0) is 175 Å². The molecular weight excluding hydrogens is 1950 g/mol. The Morgan fingerprint density at radius 3 is 1.17 bits per heavy atom. The maximum atomic E-state index is 14.9. The average molecular weight is 2110 g/mol. The number of aliphatic hydroxyl groups excluding tert-OH is 2. The Bertz CT molecular complexity index is 4880. The summed E-state index contributed by atoms with van der Waals surface area (Å²) >= 11 is 0. The van der Waals surface area contributed by atoms with Gasteiger partial charge in [-0.1, -0.05) is 263 Å². The molecule has 4 aromatic carbocycles. The zero-order valence-corrected chi connectivity index (χ0v) is 92.1. The van der Waals surface area contributed by atoms with Crippen molar-refractivity contribution in [2.75, 3.05) is 26.4 Å². The number of nitrogens with one attached hydrogen (secondary N) is 2. The molecule has 145 heavy (non-hydrogen) atoms. The van der Waals surface area contributed by atoms with E-state index in [4.69, 9.17) is 97.6 Å². The minimum atomic E-state index is -4.52. The monoisotopic (exact) mass is 2110 g/mol. The van der Waals surface area contributed by atoms with Crippen molar-refractivity contribution >= 4 is 68.0 Å². The predicted molar refractivity (Wildman–Crippen MR) is 539 cm³/mol. The van der Waals surface area contributed by atoms with Crippen LogP contribution in [0.15, 0.2) is 119 Å². The number of carbonyl (C=O) groups excluding carboxylic acids is 6. The summed E-state index contributed by atoms with van der Waals surface area (Å²) in [5.41, 5.74) is 24.4. The Morgan fingerprint density at radius 2 is 0.814 bits per heavy atom. The average Bonchev–Trinajstić information content (AvgIpc) is 1.66. The predicted octanol–water partition coefficient (Wildman–Crippen LogP) is 18.9. The number of esters is 4. The second-order valence-electron chi connectivity index (χ2n) is 41.4. The molecule has 11 unspecified atom stereocenters. The molecule has 4 N–H and O–H groups in total. The van der Waals surface area contributed by atoms with Crippen molar-refractivity contribution < 1.29 is 146 Å². The van der Waals surface area contributed by atoms with Crippen LogP contribution in [-0.4, -0.2) is 218 Å². The zero-order chi connectivity index (χ0) is 106. The Kier molecular flexibility index (Phi) is 47.6. The second-order valence-corrected chi connectivity index (χ2v) is 54.1. The highest BCUT2D eigenvalue weighted by Crippen LogP contribution is 2.58. The van der Waals surface area contributed by atoms with E-state index in [-0.39, 0.29) is 139 Å². The fraction of sp³-hybridized carbons (Fsp3) is 0.706. The highest BCUT2D eigenvalue weighted by atomic mass is 31.2. The number of phosphoric ester groups is 2. The van der Waals surface area contributed by atoms with E-state index < -0.39 is 209 Å². The molecule has 0 aliphatic carbocycles. The van der Waals surface area contributed by atoms with E-state index in [1.54, 1.807) is 41.5 Å². The lowest BCUT2D eigenvalue weighted by Gasteiger charge is -2.49. The van der Waals surface area contributed by atoms with E-state index in [1.165, 1.54) is 0 Å². The van der Waals surface area contributed by atoms with Gasteiger partial charge in [0.15, 0.2) is 48.1 Å². The minimum absolute atomic E-state index is 0.0175. The molecule has 0 bridgehead atoms. The maximum Gasteiger partial charge on any atom is 0.475 e. The summed E-state index contributed by atoms with van der Waals surface area (Å²) in [4.78, 5) is 86.4. The Labute approximate surface area is 855 Å². The molecule has 10 rings (SSSR count). The van der Waals surface area contributed by atoms with Gasteiger partial charge in [0.1, 0.15) is 85.2 Å². The molecule has 0 spiro atoms. The number of carbonyl (C=O) groups is 6. The number of amides is 2. The second kappa shape index (κ2) is 57.1. The SMILES string of the molecule is CCC(=O)O[C@H](CC)CC(=O)NC1[C@H](OCC2OC(O[Si](C)(C)C(C)(C)C)C(N=[N+]=[N-])[C@@H](OC(=O)C[C@H](C)CC)[C@@H]2C)OC(COCc2ccccc2)[C@@H](OP2(=O)OCc3ccccc3CO2)[C@@H]1O.CCC(=O)O[C@H](CC)CC(=O)NC1[C@H](OCC2OC(O[Si](C)(C)C(C)(C)C)C(N=[N+]=[N-])[C@@H](OC(=O)C[C@H](C)CC)[C@@H]2C)OC(COCc2ccccc2)[C@@H](OP2(=O)OCc3ccccc3CO2)[C@@H]1OC(O)C[C@H](C)CC. The van der Waals surface area contributed by atoms with Crippen molar-refractivity contribution in [2.24, 2.45) is 39.8 Å². The number of aliphatic hydroxyl groups is 2. The van der Waals surface area contributed by atoms with E-state index in [0.717, 1.165) is 46.2 Å². The van der Waals surface area contributed by atoms with Crippen molar-refractivity contribution in [3.05, 3.63) is 163 Å². The standard InChI is InChI=1S/C54H85N4O16PSi.C48H73N4O15PSi/c1-13-34(5)26-45(61)71-49-36(7)41(69-53(48(49)57-58-55)74-76(11,12)54(8,9)10)33-65-52-47(56-43(59)28-40(15-3)68-44(60)16-4)51(72-46(62)27-35(6)14-2)50(42(70-52)32-64-29-37-22-18-17-19-23-37)73-75(63)66-30-38-24-20-21-25-39(38)31-67-75;1-11-30(4)23-40(55)65-44-31(5)36(63-47(42(44)51-52-49)67-69(9,10)48(6,7)8)29-59-46-41(50-38(53)24-35(12-2)62-39(54)13-3)43(56)45(37(64-46)28-58-25-32-19-15-14-16-20-32)66-68(57)60-26-33-21-17-18-22-34(33)27-61-68/h17-25,34-36,40-42,46-53,62H,13-16,26-33H2,1-12H3,(H,56,59);14-22,30-31,35-37,41-47,56H,11-13,23-29H2,1-10H3,(H,50,53)/t34-,35-,36-,40-,41?,42?,46?,47?,48?,49+,50-,51-,52-,53?;30-,31-,35-,36?,37?,41?,42?,43-,44+,45-,46-,47?/m11/s1. The quantitative estimate of drug-likeness (QED) is 0.00466. The van der Waals surface area contributed by atoms with Crippen LogP contribution in [0.2, 0.25) is 36.3 Å². The first kappa shape index (κ1) is 121. The molecule has 6 heterocycles. The van der Waals surface area contributed by atoms with Crippen LogP contribution >= 0.6 is 15.6 Å². The molecule has 6 aliphatic rings. The Hall–Kier alpha value is -7.55. The van der Waals surface area contributed by atoms with Gasteiger partial charge in [0.25, 0.3) is 0 Å². The molecule has 26 atom stereocenters. The summed E-state index contributed by atoms with van der Waals surface area (Å²) in [6, 6.07) is 28.5. The van der Waals surface area contributed by atoms with Gasteiger partial charge in [-0.3, -0.25) is 55.9 Å². The molecule has 4 saturated heterocycles. The number of azide groups is 2. The number of hydrogen-bond acceptors (Lipinski definition) is 33. The van der Waals surface area contributed by atoms with Gasteiger partial charge in [0, 0.05) is 53.8 Å². The van der Waals surface area contributed by atoms with Gasteiger partial charge in [-0.15, -0.1) is 0 Å². The van der Waals surface area contributed by atoms with E-state index in [1.807, 2.05) is 177 Å². The smallest absolute Gasteiger partial charge is 0.462 e. The fourth-order valence-electron chi connectivity index (χ4n) is 16.3. The molecule has 0 radical (unpaired) electrons. The van der Waals surface area contributed by atoms with E-state index in [9.17, 15) is 59.2 Å². The van der Waals surface area contributed by atoms with Gasteiger partial charge in [-0.05, 0) is 111 Å². The van der Waals surface area contributed by atoms with E-state index in [0.29, 0.717) is 19.3 Å². The summed E-state index contributed by atoms with van der Waals surface area (Å²) in [6.45, 7) is 41.5. The van der Waals surface area contributed by atoms with Crippen molar-refractivity contribution in [1.29, 1.82) is 0 Å². The van der Waals surface area contributed by atoms with Crippen molar-refractivity contribution in [3.63, 3.8) is 0 Å². The molecular formula is C102H158N8O31P2Si2. The third-order valence-electron chi connectivity index (χ3n) is 28.2. The molecule has 43 heteroatoms. The molecule has 0 aromatic heterocycles. The highest BCUT2D eigenvalue weighted by Gasteiger charge is 2.58. The number of fused-ring (bicyclic) bond motifs is 2. The summed E-state index contributed by atoms with van der Waals surface area (Å²) in [6.07, 6.45) is -17.7. The number of rotatable bonds is 49. The van der Waals surface area contributed by atoms with Gasteiger partial charge < -0.3 is 91.3 Å². The number of nitrogens with zero attached hydrogens (tertiary/aromatic N) is 6. The topological polar surface area (TPSA) is 492 Å². The lowest BCUT2D eigenvalue weighted by Crippen LogP contribution is -2.67. The summed E-state index contributed by atoms with van der Waals surface area (Å²) < 4.78 is 162. The minimum Gasteiger partial charge on any atom is -0.462 e. The Morgan fingerprint density at radius 1 is 0.462 bits per heavy atom. The first-order valence-corrected chi connectivity index (χ1v) is 59.7. The van der Waals surface area contributed by atoms with Gasteiger partial charge in [-0.2, -0.15) is 0 Å². The lowest BCUT2D eigenvalue weighted by atomic mass is 9.89. The van der Waals surface area contributed by atoms with Crippen molar-refractivity contribution in [2.45, 2.75) is 406 Å². The van der Waals surface area contributed by atoms with Gasteiger partial charge >= 0.3 is 39.5 Å². The number of phosphoric acid groups is 2. The first-order valence-electron chi connectivity index (χ1n) is 50.9. The zero-order valence-electron chi connectivity index (χ0n) is 88.3. The number of benzene rings is 4. The fourth-order valence-corrected chi connectivity index (χ4v) is 21.3. The summed E-state index contributed by atoms with van der Waals surface area (Å²) in [5, 5.41) is 37.6. The van der Waals surface area contributed by atoms with Gasteiger partial charge in [-0.25, -0.2) is 9.13 Å². The van der Waals surface area contributed by atoms with Gasteiger partial charge in [0.2, 0.25) is 11.8 Å². The van der Waals surface area contributed by atoms with Crippen molar-refractivity contribution in [3.8, 4) is 0 Å². The maximum absolute atomic E-state index is 14.9. The number of hydrogen-bond donors (Lipinski definition) is 4. The molecule has 810 valence electrons. The summed E-state index contributed by atoms with van der Waals surface area (Å²) in [5.74, 6) is -4.42. The van der Waals surface area contributed by atoms with Crippen LogP contribution < -0.4 is 10.6 Å². The lowest BCUT2D eigenvalue weighted by molar-refractivity contribution is -0.307. The third kappa shape index (κ3) is 35.8. The number of ether oxygens (including phenoxy) is 13. The molecule has 4 fully saturated rings. The molecule has 6 aliphatic heterocycles. The molecule has 0 saturated carbocycles. The van der Waals surface area contributed by atoms with E-state index in [2.05, 4.69) is 72.2 Å². The van der Waals surface area contributed by atoms with Crippen LogP contribution in [0.1, 0.15) is 235 Å². The molecule has 39 nitrogen and oxygen atoms in total. The largest absolute Gasteiger partial charge is 0.475 e. The normalized spacial score (nSPS) is 27.6. The Balaban J connectivity index is 0.000000324. The van der Waals surface area contributed by atoms with Crippen LogP contribution in [0.3, 0.4) is 0 Å². The highest BCUT2D eigenvalue weighted by molar-refractivity contribution is 7.48.